The number of carbonyl (C=O) groups is 2. The van der Waals surface area contributed by atoms with Crippen LogP contribution in [0.15, 0.2) is 48.5 Å². The molecule has 0 heterocycles. The van der Waals surface area contributed by atoms with Crippen molar-refractivity contribution in [1.29, 1.82) is 0 Å². The summed E-state index contributed by atoms with van der Waals surface area (Å²) in [5, 5.41) is 0. The van der Waals surface area contributed by atoms with E-state index < -0.39 is 24.3 Å². The minimum atomic E-state index is -0.690. The van der Waals surface area contributed by atoms with E-state index in [1.165, 1.54) is 42.5 Å². The molecule has 2 aromatic carbocycles. The topological polar surface area (TPSA) is 78.6 Å². The molecule has 0 aliphatic rings. The third-order valence-corrected chi connectivity index (χ3v) is 2.55. The largest absolute Gasteiger partial charge is 0.479 e. The molecule has 21 heavy (non-hydrogen) atoms. The van der Waals surface area contributed by atoms with Crippen LogP contribution in [0, 0.1) is 5.82 Å². The fraction of sp³-hybridized carbons (Fsp3) is 0.0667. The van der Waals surface area contributed by atoms with E-state index in [2.05, 4.69) is 0 Å². The molecule has 0 aliphatic heterocycles. The van der Waals surface area contributed by atoms with Crippen LogP contribution >= 0.6 is 0 Å². The molecule has 0 saturated carbocycles. The number of hydrogen-bond donors (Lipinski definition) is 1. The molecular weight excluding hydrogens is 277 g/mol. The van der Waals surface area contributed by atoms with Gasteiger partial charge in [-0.2, -0.15) is 0 Å². The van der Waals surface area contributed by atoms with Gasteiger partial charge in [-0.3, -0.25) is 4.79 Å². The number of nitrogens with two attached hydrogens (primary N) is 1. The Morgan fingerprint density at radius 2 is 1.71 bits per heavy atom. The third-order valence-electron chi connectivity index (χ3n) is 2.55. The van der Waals surface area contributed by atoms with Crippen molar-refractivity contribution in [2.45, 2.75) is 0 Å². The van der Waals surface area contributed by atoms with Crippen molar-refractivity contribution in [3.8, 4) is 11.5 Å². The van der Waals surface area contributed by atoms with Crippen molar-refractivity contribution in [2.75, 3.05) is 6.61 Å². The number of primary amides is 1. The Balaban J connectivity index is 1.90. The summed E-state index contributed by atoms with van der Waals surface area (Å²) in [7, 11) is 0. The first kappa shape index (κ1) is 14.5. The quantitative estimate of drug-likeness (QED) is 0.673. The highest BCUT2D eigenvalue weighted by Gasteiger charge is 2.09. The van der Waals surface area contributed by atoms with Crippen LogP contribution in [-0.2, 0) is 4.79 Å². The molecule has 0 unspecified atom stereocenters. The molecular formula is C15H12FNO4. The van der Waals surface area contributed by atoms with E-state index in [1.807, 2.05) is 0 Å². The Labute approximate surface area is 120 Å². The number of ether oxygens (including phenoxy) is 2. The molecule has 0 fully saturated rings. The van der Waals surface area contributed by atoms with Crippen molar-refractivity contribution in [2.24, 2.45) is 5.73 Å². The smallest absolute Gasteiger partial charge is 0.349 e. The Hall–Kier alpha value is -2.89. The van der Waals surface area contributed by atoms with E-state index >= 15 is 0 Å². The lowest BCUT2D eigenvalue weighted by molar-refractivity contribution is -0.136. The van der Waals surface area contributed by atoms with Crippen LogP contribution in [0.3, 0.4) is 0 Å². The molecule has 0 saturated heterocycles. The molecule has 108 valence electrons. The molecule has 1 amide bonds. The van der Waals surface area contributed by atoms with Crippen LogP contribution in [-0.4, -0.2) is 18.5 Å². The van der Waals surface area contributed by atoms with Gasteiger partial charge in [0.05, 0.1) is 0 Å². The summed E-state index contributed by atoms with van der Waals surface area (Å²) in [6, 6.07) is 11.5. The van der Waals surface area contributed by atoms with Crippen LogP contribution in [0.4, 0.5) is 4.39 Å². The first-order valence-corrected chi connectivity index (χ1v) is 6.04. The van der Waals surface area contributed by atoms with Gasteiger partial charge in [-0.05, 0) is 36.4 Å². The summed E-state index contributed by atoms with van der Waals surface area (Å²) in [5.41, 5.74) is 5.39. The molecule has 5 nitrogen and oxygen atoms in total. The zero-order valence-corrected chi connectivity index (χ0v) is 10.9. The maximum atomic E-state index is 13.3. The number of halogens is 1. The Morgan fingerprint density at radius 1 is 1.05 bits per heavy atom. The lowest BCUT2D eigenvalue weighted by atomic mass is 10.2. The highest BCUT2D eigenvalue weighted by Crippen LogP contribution is 2.16. The van der Waals surface area contributed by atoms with Gasteiger partial charge in [0.15, 0.2) is 18.2 Å². The summed E-state index contributed by atoms with van der Waals surface area (Å²) >= 11 is 0. The second kappa shape index (κ2) is 6.51. The number of benzene rings is 2. The van der Waals surface area contributed by atoms with Crippen molar-refractivity contribution in [3.63, 3.8) is 0 Å². The summed E-state index contributed by atoms with van der Waals surface area (Å²) < 4.78 is 23.2. The standard InChI is InChI=1S/C15H12FNO4/c16-12-3-1-2-4-13(12)20-9-14(18)21-11-7-5-10(6-8-11)15(17)19/h1-8H,9H2,(H2,17,19). The van der Waals surface area contributed by atoms with Gasteiger partial charge in [-0.15, -0.1) is 0 Å². The van der Waals surface area contributed by atoms with Crippen molar-refractivity contribution in [1.82, 2.24) is 0 Å². The monoisotopic (exact) mass is 289 g/mol. The van der Waals surface area contributed by atoms with Crippen LogP contribution in [0.5, 0.6) is 11.5 Å². The molecule has 0 radical (unpaired) electrons. The predicted octanol–water partition coefficient (Wildman–Crippen LogP) is 1.91. The summed E-state index contributed by atoms with van der Waals surface area (Å²) in [6.07, 6.45) is 0. The lowest BCUT2D eigenvalue weighted by Crippen LogP contribution is -2.18. The number of amides is 1. The Bertz CT molecular complexity index is 655. The molecule has 0 aromatic heterocycles. The van der Waals surface area contributed by atoms with E-state index in [0.29, 0.717) is 5.56 Å². The molecule has 2 N–H and O–H groups in total. The fourth-order valence-corrected chi connectivity index (χ4v) is 1.55. The number of carbonyl (C=O) groups excluding carboxylic acids is 2. The molecule has 2 rings (SSSR count). The average Bonchev–Trinajstić information content (AvgIpc) is 2.47. The van der Waals surface area contributed by atoms with Gasteiger partial charge in [0, 0.05) is 5.56 Å². The van der Waals surface area contributed by atoms with Crippen LogP contribution < -0.4 is 15.2 Å². The SMILES string of the molecule is NC(=O)c1ccc(OC(=O)COc2ccccc2F)cc1. The minimum absolute atomic E-state index is 0.0291. The zero-order chi connectivity index (χ0) is 15.2. The first-order valence-electron chi connectivity index (χ1n) is 6.04. The van der Waals surface area contributed by atoms with Gasteiger partial charge >= 0.3 is 5.97 Å². The maximum Gasteiger partial charge on any atom is 0.349 e. The van der Waals surface area contributed by atoms with E-state index in [1.54, 1.807) is 6.07 Å². The van der Waals surface area contributed by atoms with Gasteiger partial charge in [-0.25, -0.2) is 9.18 Å². The van der Waals surface area contributed by atoms with Crippen LogP contribution in [0.25, 0.3) is 0 Å². The van der Waals surface area contributed by atoms with Gasteiger partial charge in [-0.1, -0.05) is 12.1 Å². The van der Waals surface area contributed by atoms with E-state index in [9.17, 15) is 14.0 Å². The predicted molar refractivity (Wildman–Crippen MR) is 72.5 cm³/mol. The number of para-hydroxylation sites is 1. The first-order chi connectivity index (χ1) is 10.1. The Kier molecular flexibility index (Phi) is 4.50. The van der Waals surface area contributed by atoms with Crippen LogP contribution in [0.2, 0.25) is 0 Å². The van der Waals surface area contributed by atoms with E-state index in [0.717, 1.165) is 0 Å². The molecule has 0 spiro atoms. The highest BCUT2D eigenvalue weighted by atomic mass is 19.1. The summed E-state index contributed by atoms with van der Waals surface area (Å²) in [6.45, 7) is -0.432. The van der Waals surface area contributed by atoms with E-state index in [-0.39, 0.29) is 11.5 Å². The summed E-state index contributed by atoms with van der Waals surface area (Å²) in [4.78, 5) is 22.4. The molecule has 6 heteroatoms. The second-order valence-corrected chi connectivity index (χ2v) is 4.08. The zero-order valence-electron chi connectivity index (χ0n) is 10.9. The maximum absolute atomic E-state index is 13.3. The van der Waals surface area contributed by atoms with Crippen molar-refractivity contribution < 1.29 is 23.5 Å². The van der Waals surface area contributed by atoms with E-state index in [4.69, 9.17) is 15.2 Å². The van der Waals surface area contributed by atoms with Gasteiger partial charge in [0.1, 0.15) is 5.75 Å². The third kappa shape index (κ3) is 4.04. The van der Waals surface area contributed by atoms with Crippen molar-refractivity contribution in [3.05, 3.63) is 59.9 Å². The normalized spacial score (nSPS) is 9.95. The minimum Gasteiger partial charge on any atom is -0.479 e. The second-order valence-electron chi connectivity index (χ2n) is 4.08. The molecule has 0 atom stereocenters. The molecule has 2 aromatic rings. The van der Waals surface area contributed by atoms with Gasteiger partial charge in [0.25, 0.3) is 0 Å². The molecule has 0 bridgehead atoms. The number of hydrogen-bond acceptors (Lipinski definition) is 4. The average molecular weight is 289 g/mol. The fourth-order valence-electron chi connectivity index (χ4n) is 1.55. The van der Waals surface area contributed by atoms with Crippen LogP contribution in [0.1, 0.15) is 10.4 Å². The lowest BCUT2D eigenvalue weighted by Gasteiger charge is -2.07. The van der Waals surface area contributed by atoms with Gasteiger partial charge in [0.2, 0.25) is 5.91 Å². The number of esters is 1. The Morgan fingerprint density at radius 3 is 2.33 bits per heavy atom. The number of rotatable bonds is 5. The van der Waals surface area contributed by atoms with Gasteiger partial charge < -0.3 is 15.2 Å². The highest BCUT2D eigenvalue weighted by molar-refractivity contribution is 5.92. The molecule has 0 aliphatic carbocycles. The summed E-state index contributed by atoms with van der Waals surface area (Å²) in [5.74, 6) is -1.61. The van der Waals surface area contributed by atoms with Crippen molar-refractivity contribution >= 4 is 11.9 Å².